The van der Waals surface area contributed by atoms with E-state index in [0.717, 1.165) is 12.3 Å². The van der Waals surface area contributed by atoms with Crippen molar-refractivity contribution in [3.63, 3.8) is 0 Å². The number of nitrogens with one attached hydrogen (secondary N) is 1. The highest BCUT2D eigenvalue weighted by molar-refractivity contribution is 6.32. The monoisotopic (exact) mass is 283 g/mol. The van der Waals surface area contributed by atoms with Gasteiger partial charge in [0.15, 0.2) is 0 Å². The van der Waals surface area contributed by atoms with Crippen molar-refractivity contribution in [3.05, 3.63) is 28.8 Å². The van der Waals surface area contributed by atoms with Gasteiger partial charge in [0.25, 0.3) is 0 Å². The minimum absolute atomic E-state index is 0.231. The van der Waals surface area contributed by atoms with Gasteiger partial charge in [0, 0.05) is 12.6 Å². The van der Waals surface area contributed by atoms with Crippen LogP contribution in [0.4, 0.5) is 0 Å². The molecule has 0 aliphatic heterocycles. The standard InChI is InChI=1S/C15H22ClNO2/c1-11(2)18-7-8-19-15-6-3-12(9-14(15)16)10-17-13-4-5-13/h3,6,9,11,13,17H,4-5,7-8,10H2,1-2H3. The fraction of sp³-hybridized carbons (Fsp3) is 0.600. The Morgan fingerprint density at radius 3 is 2.74 bits per heavy atom. The summed E-state index contributed by atoms with van der Waals surface area (Å²) in [5.74, 6) is 0.726. The van der Waals surface area contributed by atoms with Crippen LogP contribution in [0, 0.1) is 0 Å². The molecular weight excluding hydrogens is 262 g/mol. The Kier molecular flexibility index (Phi) is 5.49. The topological polar surface area (TPSA) is 30.5 Å². The van der Waals surface area contributed by atoms with Crippen LogP contribution in [0.2, 0.25) is 5.02 Å². The maximum Gasteiger partial charge on any atom is 0.138 e. The molecule has 0 bridgehead atoms. The Hall–Kier alpha value is -0.770. The van der Waals surface area contributed by atoms with Gasteiger partial charge in [0.05, 0.1) is 17.7 Å². The van der Waals surface area contributed by atoms with Gasteiger partial charge in [-0.3, -0.25) is 0 Å². The van der Waals surface area contributed by atoms with E-state index >= 15 is 0 Å². The fourth-order valence-corrected chi connectivity index (χ4v) is 2.01. The Balaban J connectivity index is 1.77. The number of hydrogen-bond acceptors (Lipinski definition) is 3. The summed E-state index contributed by atoms with van der Waals surface area (Å²) >= 11 is 6.21. The first-order chi connectivity index (χ1) is 9.15. The van der Waals surface area contributed by atoms with Gasteiger partial charge < -0.3 is 14.8 Å². The van der Waals surface area contributed by atoms with Gasteiger partial charge in [-0.15, -0.1) is 0 Å². The molecule has 3 nitrogen and oxygen atoms in total. The summed E-state index contributed by atoms with van der Waals surface area (Å²) in [5, 5.41) is 4.13. The molecule has 0 aromatic heterocycles. The van der Waals surface area contributed by atoms with Crippen molar-refractivity contribution in [2.45, 2.75) is 45.4 Å². The largest absolute Gasteiger partial charge is 0.490 e. The minimum Gasteiger partial charge on any atom is -0.490 e. The van der Waals surface area contributed by atoms with E-state index in [1.54, 1.807) is 0 Å². The Labute approximate surface area is 120 Å². The highest BCUT2D eigenvalue weighted by Gasteiger charge is 2.20. The molecule has 0 spiro atoms. The highest BCUT2D eigenvalue weighted by Crippen LogP contribution is 2.26. The van der Waals surface area contributed by atoms with E-state index in [2.05, 4.69) is 11.4 Å². The molecule has 1 fully saturated rings. The fourth-order valence-electron chi connectivity index (χ4n) is 1.76. The average Bonchev–Trinajstić information content (AvgIpc) is 3.17. The Bertz CT molecular complexity index is 405. The molecule has 1 aromatic rings. The number of halogens is 1. The molecule has 0 saturated heterocycles. The molecule has 0 unspecified atom stereocenters. The third kappa shape index (κ3) is 5.39. The van der Waals surface area contributed by atoms with Gasteiger partial charge in [-0.2, -0.15) is 0 Å². The van der Waals surface area contributed by atoms with Crippen LogP contribution in [0.15, 0.2) is 18.2 Å². The second kappa shape index (κ2) is 7.13. The van der Waals surface area contributed by atoms with E-state index in [4.69, 9.17) is 21.1 Å². The number of hydrogen-bond donors (Lipinski definition) is 1. The van der Waals surface area contributed by atoms with Gasteiger partial charge in [-0.05, 0) is 44.4 Å². The quantitative estimate of drug-likeness (QED) is 0.742. The van der Waals surface area contributed by atoms with Crippen molar-refractivity contribution in [2.24, 2.45) is 0 Å². The number of rotatable bonds is 8. The Morgan fingerprint density at radius 2 is 2.11 bits per heavy atom. The molecule has 1 aliphatic carbocycles. The summed E-state index contributed by atoms with van der Waals surface area (Å²) in [6, 6.07) is 6.67. The number of ether oxygens (including phenoxy) is 2. The third-order valence-electron chi connectivity index (χ3n) is 2.96. The highest BCUT2D eigenvalue weighted by atomic mass is 35.5. The summed E-state index contributed by atoms with van der Waals surface area (Å²) in [6.45, 7) is 6.00. The lowest BCUT2D eigenvalue weighted by atomic mass is 10.2. The summed E-state index contributed by atoms with van der Waals surface area (Å²) in [6.07, 6.45) is 2.82. The molecule has 19 heavy (non-hydrogen) atoms. The Morgan fingerprint density at radius 1 is 1.32 bits per heavy atom. The van der Waals surface area contributed by atoms with Crippen molar-refractivity contribution >= 4 is 11.6 Å². The lowest BCUT2D eigenvalue weighted by Gasteiger charge is -2.11. The lowest BCUT2D eigenvalue weighted by Crippen LogP contribution is -2.15. The summed E-state index contributed by atoms with van der Waals surface area (Å²) in [5.41, 5.74) is 1.20. The van der Waals surface area contributed by atoms with Crippen molar-refractivity contribution in [2.75, 3.05) is 13.2 Å². The van der Waals surface area contributed by atoms with E-state index in [1.165, 1.54) is 18.4 Å². The first-order valence-electron chi connectivity index (χ1n) is 6.91. The third-order valence-corrected chi connectivity index (χ3v) is 3.26. The maximum atomic E-state index is 6.21. The van der Waals surface area contributed by atoms with E-state index in [1.807, 2.05) is 26.0 Å². The van der Waals surface area contributed by atoms with Crippen molar-refractivity contribution in [3.8, 4) is 5.75 Å². The molecule has 0 radical (unpaired) electrons. The lowest BCUT2D eigenvalue weighted by molar-refractivity contribution is 0.0553. The number of benzene rings is 1. The minimum atomic E-state index is 0.231. The molecule has 2 rings (SSSR count). The van der Waals surface area contributed by atoms with Crippen LogP contribution < -0.4 is 10.1 Å². The molecule has 4 heteroatoms. The molecule has 0 heterocycles. The normalized spacial score (nSPS) is 14.9. The SMILES string of the molecule is CC(C)OCCOc1ccc(CNC2CC2)cc1Cl. The molecule has 1 saturated carbocycles. The van der Waals surface area contributed by atoms with Crippen LogP contribution in [0.1, 0.15) is 32.3 Å². The predicted octanol–water partition coefficient (Wildman–Crippen LogP) is 3.40. The zero-order chi connectivity index (χ0) is 13.7. The van der Waals surface area contributed by atoms with E-state index in [-0.39, 0.29) is 6.10 Å². The van der Waals surface area contributed by atoms with Crippen molar-refractivity contribution < 1.29 is 9.47 Å². The maximum absolute atomic E-state index is 6.21. The molecule has 106 valence electrons. The zero-order valence-corrected chi connectivity index (χ0v) is 12.4. The zero-order valence-electron chi connectivity index (χ0n) is 11.6. The predicted molar refractivity (Wildman–Crippen MR) is 77.9 cm³/mol. The van der Waals surface area contributed by atoms with Gasteiger partial charge >= 0.3 is 0 Å². The van der Waals surface area contributed by atoms with Gasteiger partial charge in [-0.1, -0.05) is 17.7 Å². The molecule has 1 aliphatic rings. The summed E-state index contributed by atoms with van der Waals surface area (Å²) in [7, 11) is 0. The van der Waals surface area contributed by atoms with Crippen LogP contribution in [0.5, 0.6) is 5.75 Å². The molecule has 0 atom stereocenters. The van der Waals surface area contributed by atoms with Gasteiger partial charge in [0.1, 0.15) is 12.4 Å². The summed E-state index contributed by atoms with van der Waals surface area (Å²) in [4.78, 5) is 0. The molecular formula is C15H22ClNO2. The van der Waals surface area contributed by atoms with Crippen LogP contribution in [-0.2, 0) is 11.3 Å². The van der Waals surface area contributed by atoms with Crippen LogP contribution in [0.3, 0.4) is 0 Å². The van der Waals surface area contributed by atoms with E-state index in [0.29, 0.717) is 24.3 Å². The average molecular weight is 284 g/mol. The summed E-state index contributed by atoms with van der Waals surface area (Å²) < 4.78 is 11.0. The smallest absolute Gasteiger partial charge is 0.138 e. The van der Waals surface area contributed by atoms with Crippen molar-refractivity contribution in [1.29, 1.82) is 0 Å². The van der Waals surface area contributed by atoms with Crippen LogP contribution >= 0.6 is 11.6 Å². The molecule has 1 N–H and O–H groups in total. The molecule has 0 amide bonds. The van der Waals surface area contributed by atoms with E-state index in [9.17, 15) is 0 Å². The second-order valence-electron chi connectivity index (χ2n) is 5.19. The molecule has 1 aromatic carbocycles. The second-order valence-corrected chi connectivity index (χ2v) is 5.60. The van der Waals surface area contributed by atoms with Crippen LogP contribution in [-0.4, -0.2) is 25.4 Å². The van der Waals surface area contributed by atoms with Gasteiger partial charge in [0.2, 0.25) is 0 Å². The van der Waals surface area contributed by atoms with Crippen molar-refractivity contribution in [1.82, 2.24) is 5.32 Å². The van der Waals surface area contributed by atoms with E-state index < -0.39 is 0 Å². The van der Waals surface area contributed by atoms with Crippen LogP contribution in [0.25, 0.3) is 0 Å². The van der Waals surface area contributed by atoms with Gasteiger partial charge in [-0.25, -0.2) is 0 Å². The first kappa shape index (κ1) is 14.6. The first-order valence-corrected chi connectivity index (χ1v) is 7.29.